The topological polar surface area (TPSA) is 112 Å². The summed E-state index contributed by atoms with van der Waals surface area (Å²) in [5, 5.41) is 34.9. The van der Waals surface area contributed by atoms with Crippen molar-refractivity contribution in [3.8, 4) is 6.07 Å². The van der Waals surface area contributed by atoms with Gasteiger partial charge in [0.2, 0.25) is 5.82 Å². The van der Waals surface area contributed by atoms with Gasteiger partial charge in [0.1, 0.15) is 11.6 Å². The molecule has 8 heteroatoms. The normalized spacial score (nSPS) is 13.1. The van der Waals surface area contributed by atoms with Gasteiger partial charge in [-0.2, -0.15) is 5.26 Å². The number of aliphatic hydroxyl groups excluding tert-OH is 1. The molecule has 0 bridgehead atoms. The molecule has 2 heterocycles. The fourth-order valence-corrected chi connectivity index (χ4v) is 2.78. The lowest BCUT2D eigenvalue weighted by Gasteiger charge is -2.17. The second kappa shape index (κ2) is 6.98. The highest BCUT2D eigenvalue weighted by molar-refractivity contribution is 7.10. The smallest absolute Gasteiger partial charge is 0.328 e. The number of hydrogen-bond acceptors (Lipinski definition) is 7. The molecule has 2 atom stereocenters. The van der Waals surface area contributed by atoms with Crippen LogP contribution in [0.25, 0.3) is 0 Å². The molecular weight excluding hydrogens is 304 g/mol. The van der Waals surface area contributed by atoms with Crippen molar-refractivity contribution in [1.82, 2.24) is 4.98 Å². The van der Waals surface area contributed by atoms with Crippen LogP contribution in [0.4, 0.5) is 11.5 Å². The van der Waals surface area contributed by atoms with Crippen LogP contribution in [0.1, 0.15) is 29.9 Å². The van der Waals surface area contributed by atoms with E-state index in [0.717, 1.165) is 4.88 Å². The molecule has 0 saturated carbocycles. The van der Waals surface area contributed by atoms with Gasteiger partial charge in [-0.05, 0) is 30.9 Å². The fourth-order valence-electron chi connectivity index (χ4n) is 2.06. The van der Waals surface area contributed by atoms with Gasteiger partial charge in [-0.3, -0.25) is 10.1 Å². The Bertz CT molecular complexity index is 697. The molecule has 0 aliphatic carbocycles. The summed E-state index contributed by atoms with van der Waals surface area (Å²) in [7, 11) is 0. The van der Waals surface area contributed by atoms with Crippen LogP contribution in [-0.2, 0) is 0 Å². The standard InChI is InChI=1S/C14H14N4O3S/c1-9(7-11(19)12-3-2-6-22-12)17-14-13(18(20)21)10(8-15)4-5-16-14/h2-6,9,11,19H,7H2,1H3,(H,16,17). The summed E-state index contributed by atoms with van der Waals surface area (Å²) < 4.78 is 0. The number of aliphatic hydroxyl groups is 1. The average molecular weight is 318 g/mol. The van der Waals surface area contributed by atoms with Crippen LogP contribution in [0, 0.1) is 21.4 Å². The van der Waals surface area contributed by atoms with Gasteiger partial charge in [-0.25, -0.2) is 4.98 Å². The molecular formula is C14H14N4O3S. The number of aromatic nitrogens is 1. The number of thiophene rings is 1. The van der Waals surface area contributed by atoms with E-state index in [1.807, 2.05) is 17.5 Å². The summed E-state index contributed by atoms with van der Waals surface area (Å²) in [6, 6.07) is 6.52. The average Bonchev–Trinajstić information content (AvgIpc) is 3.00. The number of hydrogen-bond donors (Lipinski definition) is 2. The minimum atomic E-state index is -0.652. The molecule has 0 radical (unpaired) electrons. The van der Waals surface area contributed by atoms with Gasteiger partial charge < -0.3 is 10.4 Å². The Morgan fingerprint density at radius 3 is 2.95 bits per heavy atom. The number of anilines is 1. The van der Waals surface area contributed by atoms with Gasteiger partial charge in [0.05, 0.1) is 11.0 Å². The highest BCUT2D eigenvalue weighted by atomic mass is 32.1. The first-order valence-corrected chi connectivity index (χ1v) is 7.42. The minimum absolute atomic E-state index is 0.0370. The molecule has 0 aliphatic heterocycles. The zero-order chi connectivity index (χ0) is 16.1. The predicted molar refractivity (Wildman–Crippen MR) is 82.6 cm³/mol. The molecule has 0 spiro atoms. The van der Waals surface area contributed by atoms with E-state index >= 15 is 0 Å². The number of nitro groups is 1. The minimum Gasteiger partial charge on any atom is -0.387 e. The Kier molecular flexibility index (Phi) is 5.04. The molecule has 7 nitrogen and oxygen atoms in total. The molecule has 0 fully saturated rings. The van der Waals surface area contributed by atoms with Gasteiger partial charge in [-0.1, -0.05) is 6.07 Å². The van der Waals surface area contributed by atoms with E-state index in [1.54, 1.807) is 13.0 Å². The van der Waals surface area contributed by atoms with Gasteiger partial charge in [0, 0.05) is 17.1 Å². The van der Waals surface area contributed by atoms with E-state index in [0.29, 0.717) is 6.42 Å². The van der Waals surface area contributed by atoms with E-state index in [1.165, 1.54) is 23.6 Å². The third-order valence-electron chi connectivity index (χ3n) is 3.06. The molecule has 2 rings (SSSR count). The summed E-state index contributed by atoms with van der Waals surface area (Å²) in [5.74, 6) is 0.0370. The van der Waals surface area contributed by atoms with Crippen LogP contribution >= 0.6 is 11.3 Å². The molecule has 0 saturated heterocycles. The molecule has 2 unspecified atom stereocenters. The maximum Gasteiger partial charge on any atom is 0.328 e. The van der Waals surface area contributed by atoms with Crippen molar-refractivity contribution in [2.45, 2.75) is 25.5 Å². The summed E-state index contributed by atoms with van der Waals surface area (Å²) >= 11 is 1.45. The summed E-state index contributed by atoms with van der Waals surface area (Å²) in [5.41, 5.74) is -0.393. The van der Waals surface area contributed by atoms with Crippen molar-refractivity contribution in [3.63, 3.8) is 0 Å². The van der Waals surface area contributed by atoms with Crippen LogP contribution in [0.15, 0.2) is 29.8 Å². The van der Waals surface area contributed by atoms with E-state index < -0.39 is 11.0 Å². The van der Waals surface area contributed by atoms with E-state index in [-0.39, 0.29) is 23.1 Å². The molecule has 0 amide bonds. The van der Waals surface area contributed by atoms with Crippen molar-refractivity contribution in [2.75, 3.05) is 5.32 Å². The third kappa shape index (κ3) is 3.58. The Balaban J connectivity index is 2.13. The van der Waals surface area contributed by atoms with Gasteiger partial charge >= 0.3 is 5.69 Å². The van der Waals surface area contributed by atoms with E-state index in [9.17, 15) is 15.2 Å². The first-order chi connectivity index (χ1) is 10.5. The molecule has 2 N–H and O–H groups in total. The van der Waals surface area contributed by atoms with Crippen molar-refractivity contribution < 1.29 is 10.0 Å². The molecule has 0 aromatic carbocycles. The molecule has 2 aromatic rings. The van der Waals surface area contributed by atoms with E-state index in [2.05, 4.69) is 10.3 Å². The van der Waals surface area contributed by atoms with Gasteiger partial charge in [0.15, 0.2) is 0 Å². The SMILES string of the molecule is CC(CC(O)c1cccs1)Nc1nccc(C#N)c1[N+](=O)[O-]. The second-order valence-corrected chi connectivity index (χ2v) is 5.72. The van der Waals surface area contributed by atoms with Crippen LogP contribution in [0.2, 0.25) is 0 Å². The Labute approximate surface area is 131 Å². The summed E-state index contributed by atoms with van der Waals surface area (Å²) in [6.45, 7) is 1.79. The van der Waals surface area contributed by atoms with E-state index in [4.69, 9.17) is 5.26 Å². The summed E-state index contributed by atoms with van der Waals surface area (Å²) in [6.07, 6.45) is 1.06. The molecule has 114 valence electrons. The predicted octanol–water partition coefficient (Wildman–Crippen LogP) is 2.85. The van der Waals surface area contributed by atoms with Crippen molar-refractivity contribution in [1.29, 1.82) is 5.26 Å². The Morgan fingerprint density at radius 2 is 2.36 bits per heavy atom. The van der Waals surface area contributed by atoms with Gasteiger partial charge in [0.25, 0.3) is 0 Å². The van der Waals surface area contributed by atoms with Crippen molar-refractivity contribution in [3.05, 3.63) is 50.3 Å². The monoisotopic (exact) mass is 318 g/mol. The first kappa shape index (κ1) is 15.9. The number of nitriles is 1. The molecule has 22 heavy (non-hydrogen) atoms. The van der Waals surface area contributed by atoms with Crippen LogP contribution < -0.4 is 5.32 Å². The molecule has 2 aromatic heterocycles. The van der Waals surface area contributed by atoms with Crippen molar-refractivity contribution >= 4 is 22.8 Å². The maximum absolute atomic E-state index is 11.1. The lowest BCUT2D eigenvalue weighted by Crippen LogP contribution is -2.20. The highest BCUT2D eigenvalue weighted by Crippen LogP contribution is 2.28. The number of nitrogens with zero attached hydrogens (tertiary/aromatic N) is 3. The summed E-state index contributed by atoms with van der Waals surface area (Å²) in [4.78, 5) is 15.3. The Hall–Kier alpha value is -2.50. The Morgan fingerprint density at radius 1 is 1.59 bits per heavy atom. The van der Waals surface area contributed by atoms with Crippen LogP contribution in [-0.4, -0.2) is 21.1 Å². The zero-order valence-corrected chi connectivity index (χ0v) is 12.6. The zero-order valence-electron chi connectivity index (χ0n) is 11.8. The molecule has 0 aliphatic rings. The quantitative estimate of drug-likeness (QED) is 0.625. The van der Waals surface area contributed by atoms with Gasteiger partial charge in [-0.15, -0.1) is 11.3 Å². The highest BCUT2D eigenvalue weighted by Gasteiger charge is 2.23. The largest absolute Gasteiger partial charge is 0.387 e. The third-order valence-corrected chi connectivity index (χ3v) is 4.03. The fraction of sp³-hybridized carbons (Fsp3) is 0.286. The second-order valence-electron chi connectivity index (χ2n) is 4.74. The van der Waals surface area contributed by atoms with Crippen molar-refractivity contribution in [2.24, 2.45) is 0 Å². The lowest BCUT2D eigenvalue weighted by molar-refractivity contribution is -0.384. The maximum atomic E-state index is 11.1. The number of rotatable bonds is 6. The van der Waals surface area contributed by atoms with Crippen LogP contribution in [0.5, 0.6) is 0 Å². The lowest BCUT2D eigenvalue weighted by atomic mass is 10.1. The first-order valence-electron chi connectivity index (χ1n) is 6.54. The number of pyridine rings is 1. The van der Waals surface area contributed by atoms with Crippen LogP contribution in [0.3, 0.4) is 0 Å². The number of nitrogens with one attached hydrogen (secondary N) is 1.